The highest BCUT2D eigenvalue weighted by Crippen LogP contribution is 2.28. The number of hydrogen-bond donors (Lipinski definition) is 2. The molecule has 8 heteroatoms. The van der Waals surface area contributed by atoms with Crippen LogP contribution >= 0.6 is 0 Å². The monoisotopic (exact) mass is 473 g/mol. The van der Waals surface area contributed by atoms with Gasteiger partial charge in [0.25, 0.3) is 11.8 Å². The van der Waals surface area contributed by atoms with Crippen LogP contribution in [0.1, 0.15) is 17.3 Å². The number of anilines is 2. The van der Waals surface area contributed by atoms with Gasteiger partial charge in [-0.05, 0) is 42.6 Å². The van der Waals surface area contributed by atoms with Gasteiger partial charge in [-0.2, -0.15) is 0 Å². The summed E-state index contributed by atoms with van der Waals surface area (Å²) in [7, 11) is 1.25. The molecular weight excluding hydrogens is 446 g/mol. The van der Waals surface area contributed by atoms with E-state index in [1.807, 2.05) is 49.4 Å². The van der Waals surface area contributed by atoms with Crippen LogP contribution in [-0.2, 0) is 14.3 Å². The summed E-state index contributed by atoms with van der Waals surface area (Å²) < 4.78 is 4.81. The Balaban J connectivity index is 1.58. The van der Waals surface area contributed by atoms with E-state index in [1.54, 1.807) is 29.2 Å². The molecule has 8 nitrogen and oxygen atoms in total. The molecule has 3 aromatic rings. The van der Waals surface area contributed by atoms with Gasteiger partial charge in [-0.15, -0.1) is 0 Å². The zero-order valence-electron chi connectivity index (χ0n) is 19.7. The maximum Gasteiger partial charge on any atom is 0.337 e. The van der Waals surface area contributed by atoms with E-state index in [2.05, 4.69) is 5.32 Å². The number of amides is 2. The van der Waals surface area contributed by atoms with Crippen molar-refractivity contribution in [2.75, 3.05) is 43.6 Å². The second-order valence-corrected chi connectivity index (χ2v) is 8.05. The van der Waals surface area contributed by atoms with E-state index in [4.69, 9.17) is 4.74 Å². The Bertz CT molecular complexity index is 1290. The second kappa shape index (κ2) is 10.4. The lowest BCUT2D eigenvalue weighted by molar-refractivity contribution is -0.136. The zero-order valence-corrected chi connectivity index (χ0v) is 19.7. The van der Waals surface area contributed by atoms with Crippen LogP contribution in [0.15, 0.2) is 78.0 Å². The zero-order chi connectivity index (χ0) is 24.9. The van der Waals surface area contributed by atoms with Gasteiger partial charge in [-0.1, -0.05) is 36.4 Å². The minimum absolute atomic E-state index is 0.0570. The van der Waals surface area contributed by atoms with E-state index in [9.17, 15) is 19.5 Å². The molecule has 2 amide bonds. The van der Waals surface area contributed by atoms with E-state index < -0.39 is 11.9 Å². The molecule has 0 saturated carbocycles. The van der Waals surface area contributed by atoms with Crippen molar-refractivity contribution in [2.24, 2.45) is 0 Å². The van der Waals surface area contributed by atoms with Crippen molar-refractivity contribution >= 4 is 39.9 Å². The molecule has 0 atom stereocenters. The van der Waals surface area contributed by atoms with Gasteiger partial charge in [0.2, 0.25) is 0 Å². The number of benzene rings is 3. The number of aliphatic hydroxyl groups excluding tert-OH is 1. The number of fused-ring (bicyclic) bond motifs is 1. The summed E-state index contributed by atoms with van der Waals surface area (Å²) in [6.45, 7) is 2.38. The van der Waals surface area contributed by atoms with Gasteiger partial charge >= 0.3 is 5.97 Å². The standard InChI is InChI=1S/C27H27N3O5/c1-3-30(23-10-6-8-18-7-4-5-9-21(18)23)25(32)19-11-13-20(14-12-19)28-24-22(27(34)35-2)17-29(15-16-31)26(24)33/h4-14,28,31H,3,15-17H2,1-2H3. The maximum atomic E-state index is 13.4. The lowest BCUT2D eigenvalue weighted by Crippen LogP contribution is -2.31. The highest BCUT2D eigenvalue weighted by Gasteiger charge is 2.34. The SMILES string of the molecule is CCN(C(=O)c1ccc(NC2=C(C(=O)OC)CN(CCO)C2=O)cc1)c1cccc2ccccc12. The first-order valence-electron chi connectivity index (χ1n) is 11.4. The van der Waals surface area contributed by atoms with Gasteiger partial charge in [0.15, 0.2) is 0 Å². The quantitative estimate of drug-likeness (QED) is 0.488. The van der Waals surface area contributed by atoms with Crippen LogP contribution in [0, 0.1) is 0 Å². The number of carbonyl (C=O) groups excluding carboxylic acids is 3. The number of methoxy groups -OCH3 is 1. The Kier molecular flexibility index (Phi) is 7.12. The van der Waals surface area contributed by atoms with Crippen molar-refractivity contribution in [2.45, 2.75) is 6.92 Å². The van der Waals surface area contributed by atoms with Crippen molar-refractivity contribution in [3.05, 3.63) is 83.6 Å². The molecule has 0 bridgehead atoms. The summed E-state index contributed by atoms with van der Waals surface area (Å²) in [6.07, 6.45) is 0. The Morgan fingerprint density at radius 3 is 2.46 bits per heavy atom. The summed E-state index contributed by atoms with van der Waals surface area (Å²) in [6, 6.07) is 20.6. The Morgan fingerprint density at radius 1 is 1.06 bits per heavy atom. The smallest absolute Gasteiger partial charge is 0.337 e. The van der Waals surface area contributed by atoms with Gasteiger partial charge < -0.3 is 25.0 Å². The number of nitrogens with one attached hydrogen (secondary N) is 1. The fourth-order valence-corrected chi connectivity index (χ4v) is 4.21. The third-order valence-electron chi connectivity index (χ3n) is 5.97. The first kappa shape index (κ1) is 24.0. The third kappa shape index (κ3) is 4.74. The number of nitrogens with zero attached hydrogens (tertiary/aromatic N) is 2. The maximum absolute atomic E-state index is 13.4. The van der Waals surface area contributed by atoms with Crippen LogP contribution in [0.25, 0.3) is 10.8 Å². The molecule has 1 heterocycles. The first-order chi connectivity index (χ1) is 17.0. The Labute approximate surface area is 203 Å². The fourth-order valence-electron chi connectivity index (χ4n) is 4.21. The highest BCUT2D eigenvalue weighted by molar-refractivity contribution is 6.11. The third-order valence-corrected chi connectivity index (χ3v) is 5.97. The molecule has 1 aliphatic heterocycles. The lowest BCUT2D eigenvalue weighted by atomic mass is 10.1. The minimum atomic E-state index is -0.609. The van der Waals surface area contributed by atoms with Gasteiger partial charge in [0.1, 0.15) is 5.70 Å². The molecule has 0 spiro atoms. The molecule has 0 aliphatic carbocycles. The predicted molar refractivity (Wildman–Crippen MR) is 134 cm³/mol. The van der Waals surface area contributed by atoms with Crippen molar-refractivity contribution in [1.82, 2.24) is 4.90 Å². The minimum Gasteiger partial charge on any atom is -0.466 e. The predicted octanol–water partition coefficient (Wildman–Crippen LogP) is 3.18. The first-order valence-corrected chi connectivity index (χ1v) is 11.4. The Morgan fingerprint density at radius 2 is 1.77 bits per heavy atom. The molecule has 0 radical (unpaired) electrons. The molecule has 0 saturated heterocycles. The second-order valence-electron chi connectivity index (χ2n) is 8.05. The molecule has 0 aromatic heterocycles. The van der Waals surface area contributed by atoms with Crippen molar-refractivity contribution < 1.29 is 24.2 Å². The average molecular weight is 474 g/mol. The number of hydrogen-bond acceptors (Lipinski definition) is 6. The van der Waals surface area contributed by atoms with E-state index in [0.717, 1.165) is 16.5 Å². The molecular formula is C27H27N3O5. The molecule has 1 aliphatic rings. The normalized spacial score (nSPS) is 13.3. The van der Waals surface area contributed by atoms with E-state index in [-0.39, 0.29) is 36.9 Å². The number of esters is 1. The Hall–Kier alpha value is -4.17. The average Bonchev–Trinajstić information content (AvgIpc) is 3.19. The van der Waals surface area contributed by atoms with Gasteiger partial charge in [-0.3, -0.25) is 9.59 Å². The van der Waals surface area contributed by atoms with Crippen LogP contribution in [0.4, 0.5) is 11.4 Å². The van der Waals surface area contributed by atoms with E-state index >= 15 is 0 Å². The molecule has 180 valence electrons. The van der Waals surface area contributed by atoms with Gasteiger partial charge in [0.05, 0.1) is 31.5 Å². The van der Waals surface area contributed by atoms with Crippen molar-refractivity contribution in [3.63, 3.8) is 0 Å². The molecule has 4 rings (SSSR count). The highest BCUT2D eigenvalue weighted by atomic mass is 16.5. The van der Waals surface area contributed by atoms with Crippen LogP contribution in [-0.4, -0.2) is 61.1 Å². The van der Waals surface area contributed by atoms with Crippen molar-refractivity contribution in [3.8, 4) is 0 Å². The summed E-state index contributed by atoms with van der Waals surface area (Å²) in [4.78, 5) is 41.4. The number of rotatable bonds is 8. The number of carbonyl (C=O) groups is 3. The summed E-state index contributed by atoms with van der Waals surface area (Å²) in [5.41, 5.74) is 2.18. The summed E-state index contributed by atoms with van der Waals surface area (Å²) in [5.74, 6) is -1.15. The number of aliphatic hydroxyl groups is 1. The van der Waals surface area contributed by atoms with E-state index in [1.165, 1.54) is 12.0 Å². The fraction of sp³-hybridized carbons (Fsp3) is 0.222. The topological polar surface area (TPSA) is 99.2 Å². The summed E-state index contributed by atoms with van der Waals surface area (Å²) in [5, 5.41) is 14.3. The van der Waals surface area contributed by atoms with Crippen LogP contribution in [0.3, 0.4) is 0 Å². The van der Waals surface area contributed by atoms with Crippen molar-refractivity contribution in [1.29, 1.82) is 0 Å². The van der Waals surface area contributed by atoms with E-state index in [0.29, 0.717) is 17.8 Å². The molecule has 35 heavy (non-hydrogen) atoms. The summed E-state index contributed by atoms with van der Waals surface area (Å²) >= 11 is 0. The molecule has 3 aromatic carbocycles. The molecule has 0 unspecified atom stereocenters. The van der Waals surface area contributed by atoms with Crippen LogP contribution in [0.2, 0.25) is 0 Å². The number of ether oxygens (including phenoxy) is 1. The largest absolute Gasteiger partial charge is 0.466 e. The molecule has 2 N–H and O–H groups in total. The van der Waals surface area contributed by atoms with Crippen LogP contribution < -0.4 is 10.2 Å². The molecule has 0 fully saturated rings. The number of β-amino-alcohol motifs (C(OH)–C–C–N with tert-alkyl or cyclic N) is 1. The lowest BCUT2D eigenvalue weighted by Gasteiger charge is -2.23. The van der Waals surface area contributed by atoms with Crippen LogP contribution in [0.5, 0.6) is 0 Å². The van der Waals surface area contributed by atoms with Gasteiger partial charge in [0, 0.05) is 29.7 Å². The van der Waals surface area contributed by atoms with Gasteiger partial charge in [-0.25, -0.2) is 4.79 Å².